The van der Waals surface area contributed by atoms with Crippen LogP contribution in [0.15, 0.2) is 61.2 Å². The third-order valence-corrected chi connectivity index (χ3v) is 3.14. The van der Waals surface area contributed by atoms with Crippen LogP contribution in [0, 0.1) is 11.3 Å². The number of aromatic nitrogens is 3. The van der Waals surface area contributed by atoms with Crippen LogP contribution in [0.5, 0.6) is 0 Å². The Morgan fingerprint density at radius 2 is 1.90 bits per heavy atom. The normalized spacial score (nSPS) is 10.0. The highest BCUT2D eigenvalue weighted by molar-refractivity contribution is 5.60. The lowest BCUT2D eigenvalue weighted by molar-refractivity contribution is 0.878. The number of nitrogens with zero attached hydrogens (tertiary/aromatic N) is 4. The smallest absolute Gasteiger partial charge is 0.138 e. The van der Waals surface area contributed by atoms with Crippen molar-refractivity contribution in [2.75, 3.05) is 5.32 Å². The molecule has 0 aliphatic carbocycles. The average Bonchev–Trinajstić information content (AvgIpc) is 3.08. The monoisotopic (exact) mass is 275 g/mol. The van der Waals surface area contributed by atoms with Crippen molar-refractivity contribution in [2.45, 2.75) is 6.54 Å². The molecule has 0 amide bonds. The second-order valence-corrected chi connectivity index (χ2v) is 4.52. The summed E-state index contributed by atoms with van der Waals surface area (Å²) in [5.74, 6) is 0. The largest absolute Gasteiger partial charge is 0.379 e. The molecule has 0 spiro atoms. The molecule has 5 heteroatoms. The molecule has 21 heavy (non-hydrogen) atoms. The number of rotatable bonds is 4. The van der Waals surface area contributed by atoms with Gasteiger partial charge in [0.15, 0.2) is 0 Å². The van der Waals surface area contributed by atoms with Gasteiger partial charge < -0.3 is 5.32 Å². The Morgan fingerprint density at radius 1 is 1.10 bits per heavy atom. The summed E-state index contributed by atoms with van der Waals surface area (Å²) in [7, 11) is 0. The molecular formula is C16H13N5. The highest BCUT2D eigenvalue weighted by atomic mass is 15.3. The maximum atomic E-state index is 8.80. The van der Waals surface area contributed by atoms with Crippen LogP contribution in [-0.2, 0) is 6.54 Å². The van der Waals surface area contributed by atoms with E-state index in [2.05, 4.69) is 21.5 Å². The molecular weight excluding hydrogens is 262 g/mol. The van der Waals surface area contributed by atoms with E-state index in [0.29, 0.717) is 12.1 Å². The molecule has 0 saturated carbocycles. The quantitative estimate of drug-likeness (QED) is 0.795. The number of hydrogen-bond acceptors (Lipinski definition) is 4. The van der Waals surface area contributed by atoms with Crippen LogP contribution in [-0.4, -0.2) is 14.8 Å². The lowest BCUT2D eigenvalue weighted by Crippen LogP contribution is -2.04. The highest BCUT2D eigenvalue weighted by Gasteiger charge is 2.04. The summed E-state index contributed by atoms with van der Waals surface area (Å²) in [6.45, 7) is 0.678. The topological polar surface area (TPSA) is 66.5 Å². The number of hydrogen-bond donors (Lipinski definition) is 1. The van der Waals surface area contributed by atoms with Crippen molar-refractivity contribution in [3.8, 4) is 11.8 Å². The molecule has 0 saturated heterocycles. The van der Waals surface area contributed by atoms with Crippen molar-refractivity contribution in [3.63, 3.8) is 0 Å². The van der Waals surface area contributed by atoms with Gasteiger partial charge in [0.2, 0.25) is 0 Å². The van der Waals surface area contributed by atoms with Crippen LogP contribution in [0.25, 0.3) is 5.69 Å². The molecule has 0 unspecified atom stereocenters. The van der Waals surface area contributed by atoms with E-state index < -0.39 is 0 Å². The van der Waals surface area contributed by atoms with Crippen LogP contribution < -0.4 is 5.32 Å². The number of para-hydroxylation sites is 2. The first-order valence-electron chi connectivity index (χ1n) is 6.54. The van der Waals surface area contributed by atoms with Crippen molar-refractivity contribution < 1.29 is 0 Å². The minimum absolute atomic E-state index is 0.668. The van der Waals surface area contributed by atoms with Crippen molar-refractivity contribution in [1.82, 2.24) is 14.8 Å². The number of nitrogens with one attached hydrogen (secondary N) is 1. The third kappa shape index (κ3) is 2.90. The molecule has 3 aromatic rings. The van der Waals surface area contributed by atoms with Crippen LogP contribution >= 0.6 is 0 Å². The van der Waals surface area contributed by atoms with Gasteiger partial charge >= 0.3 is 0 Å². The molecule has 1 heterocycles. The van der Waals surface area contributed by atoms with Crippen molar-refractivity contribution in [2.24, 2.45) is 0 Å². The number of nitriles is 1. The van der Waals surface area contributed by atoms with E-state index in [1.165, 1.54) is 6.33 Å². The molecule has 0 fully saturated rings. The highest BCUT2D eigenvalue weighted by Crippen LogP contribution is 2.19. The average molecular weight is 275 g/mol. The minimum atomic E-state index is 0.668. The lowest BCUT2D eigenvalue weighted by Gasteiger charge is -2.11. The molecule has 5 nitrogen and oxygen atoms in total. The van der Waals surface area contributed by atoms with Crippen LogP contribution in [0.1, 0.15) is 11.1 Å². The predicted molar refractivity (Wildman–Crippen MR) is 79.8 cm³/mol. The summed E-state index contributed by atoms with van der Waals surface area (Å²) in [4.78, 5) is 3.97. The van der Waals surface area contributed by atoms with Gasteiger partial charge in [0.1, 0.15) is 12.7 Å². The maximum absolute atomic E-state index is 8.80. The molecule has 3 rings (SSSR count). The van der Waals surface area contributed by atoms with Crippen molar-refractivity contribution in [3.05, 3.63) is 72.3 Å². The summed E-state index contributed by atoms with van der Waals surface area (Å²) >= 11 is 0. The summed E-state index contributed by atoms with van der Waals surface area (Å²) in [5, 5.41) is 16.3. The molecule has 0 aliphatic heterocycles. The fourth-order valence-electron chi connectivity index (χ4n) is 2.05. The van der Waals surface area contributed by atoms with E-state index in [0.717, 1.165) is 16.9 Å². The van der Waals surface area contributed by atoms with Gasteiger partial charge in [0.05, 0.1) is 23.0 Å². The molecule has 1 aromatic heterocycles. The van der Waals surface area contributed by atoms with Crippen molar-refractivity contribution in [1.29, 1.82) is 5.26 Å². The molecule has 0 atom stereocenters. The van der Waals surface area contributed by atoms with Crippen LogP contribution in [0.2, 0.25) is 0 Å². The van der Waals surface area contributed by atoms with Gasteiger partial charge in [-0.15, -0.1) is 0 Å². The van der Waals surface area contributed by atoms with E-state index in [1.54, 1.807) is 11.0 Å². The first-order chi connectivity index (χ1) is 10.4. The SMILES string of the molecule is N#Cc1ccc(CNc2ccccc2-n2cncn2)cc1. The second kappa shape index (κ2) is 5.88. The zero-order valence-corrected chi connectivity index (χ0v) is 11.3. The molecule has 102 valence electrons. The van der Waals surface area contributed by atoms with E-state index in [-0.39, 0.29) is 0 Å². The predicted octanol–water partition coefficient (Wildman–Crippen LogP) is 2.75. The Balaban J connectivity index is 1.78. The van der Waals surface area contributed by atoms with Crippen molar-refractivity contribution >= 4 is 5.69 Å². The van der Waals surface area contributed by atoms with Crippen LogP contribution in [0.3, 0.4) is 0 Å². The molecule has 2 aromatic carbocycles. The second-order valence-electron chi connectivity index (χ2n) is 4.52. The van der Waals surface area contributed by atoms with E-state index in [1.807, 2.05) is 48.5 Å². The fourth-order valence-corrected chi connectivity index (χ4v) is 2.05. The molecule has 0 bridgehead atoms. The lowest BCUT2D eigenvalue weighted by atomic mass is 10.1. The number of benzene rings is 2. The summed E-state index contributed by atoms with van der Waals surface area (Å²) < 4.78 is 1.72. The van der Waals surface area contributed by atoms with E-state index in [4.69, 9.17) is 5.26 Å². The van der Waals surface area contributed by atoms with Gasteiger partial charge in [0, 0.05) is 6.54 Å². The van der Waals surface area contributed by atoms with Gasteiger partial charge in [-0.2, -0.15) is 10.4 Å². The van der Waals surface area contributed by atoms with E-state index >= 15 is 0 Å². The van der Waals surface area contributed by atoms with Crippen LogP contribution in [0.4, 0.5) is 5.69 Å². The molecule has 0 radical (unpaired) electrons. The Morgan fingerprint density at radius 3 is 2.62 bits per heavy atom. The first kappa shape index (κ1) is 12.9. The summed E-state index contributed by atoms with van der Waals surface area (Å²) in [6.07, 6.45) is 3.18. The maximum Gasteiger partial charge on any atom is 0.138 e. The van der Waals surface area contributed by atoms with Gasteiger partial charge in [-0.05, 0) is 29.8 Å². The van der Waals surface area contributed by atoms with Gasteiger partial charge in [-0.3, -0.25) is 0 Å². The standard InChI is InChI=1S/C16H13N5/c17-9-13-5-7-14(8-6-13)10-19-15-3-1-2-4-16(15)21-12-18-11-20-21/h1-8,11-12,19H,10H2. The Kier molecular flexibility index (Phi) is 3.61. The molecule has 0 aliphatic rings. The summed E-state index contributed by atoms with van der Waals surface area (Å²) in [5.41, 5.74) is 3.71. The Bertz CT molecular complexity index is 754. The minimum Gasteiger partial charge on any atom is -0.379 e. The Hall–Kier alpha value is -3.13. The Labute approximate surface area is 122 Å². The third-order valence-electron chi connectivity index (χ3n) is 3.14. The van der Waals surface area contributed by atoms with Gasteiger partial charge in [-0.25, -0.2) is 9.67 Å². The van der Waals surface area contributed by atoms with E-state index in [9.17, 15) is 0 Å². The van der Waals surface area contributed by atoms with Gasteiger partial charge in [0.25, 0.3) is 0 Å². The molecule has 1 N–H and O–H groups in total. The number of anilines is 1. The first-order valence-corrected chi connectivity index (χ1v) is 6.54. The van der Waals surface area contributed by atoms with Gasteiger partial charge in [-0.1, -0.05) is 24.3 Å². The zero-order valence-electron chi connectivity index (χ0n) is 11.3. The zero-order chi connectivity index (χ0) is 14.5. The fraction of sp³-hybridized carbons (Fsp3) is 0.0625. The summed E-state index contributed by atoms with van der Waals surface area (Å²) in [6, 6.07) is 17.6.